The van der Waals surface area contributed by atoms with Gasteiger partial charge in [-0.3, -0.25) is 9.59 Å². The van der Waals surface area contributed by atoms with E-state index in [0.29, 0.717) is 238 Å². The van der Waals surface area contributed by atoms with E-state index in [1.54, 1.807) is 32.6 Å². The summed E-state index contributed by atoms with van der Waals surface area (Å²) in [5.74, 6) is -2.44. The van der Waals surface area contributed by atoms with Crippen molar-refractivity contribution in [3.63, 3.8) is 0 Å². The molecule has 4 rings (SSSR count). The predicted octanol–water partition coefficient (Wildman–Crippen LogP) is 21.2. The van der Waals surface area contributed by atoms with Crippen molar-refractivity contribution >= 4 is 45.4 Å². The van der Waals surface area contributed by atoms with E-state index in [1.807, 2.05) is 69.3 Å². The fourth-order valence-corrected chi connectivity index (χ4v) is 12.1. The summed E-state index contributed by atoms with van der Waals surface area (Å²) in [7, 11) is 0. The van der Waals surface area contributed by atoms with Crippen LogP contribution < -0.4 is 0 Å². The van der Waals surface area contributed by atoms with Crippen molar-refractivity contribution in [3.8, 4) is 0 Å². The smallest absolute Gasteiger partial charge is 0.310 e. The van der Waals surface area contributed by atoms with E-state index in [0.717, 1.165) is 234 Å². The zero-order chi connectivity index (χ0) is 106. The molecule has 2 unspecified atom stereocenters. The van der Waals surface area contributed by atoms with Crippen LogP contribution in [0.1, 0.15) is 251 Å². The van der Waals surface area contributed by atoms with E-state index in [2.05, 4.69) is 128 Å². The van der Waals surface area contributed by atoms with Gasteiger partial charge in [-0.15, -0.1) is 0 Å². The Balaban J connectivity index is 0.00000186. The number of hydrogen-bond donors (Lipinski definition) is 2. The zero-order valence-corrected chi connectivity index (χ0v) is 92.1. The third-order valence-electron chi connectivity index (χ3n) is 20.9. The highest BCUT2D eigenvalue weighted by molar-refractivity contribution is 5.82. The van der Waals surface area contributed by atoms with Crippen molar-refractivity contribution < 1.29 is 138 Å². The fraction of sp³-hybridized carbons (Fsp3) is 0.672. The second-order valence-corrected chi connectivity index (χ2v) is 34.7. The number of allylic oxidation sites excluding steroid dienone is 3. The molecule has 0 aliphatic carbocycles. The lowest BCUT2D eigenvalue weighted by atomic mass is 9.94. The van der Waals surface area contributed by atoms with Gasteiger partial charge < -0.3 is 129 Å². The van der Waals surface area contributed by atoms with Crippen LogP contribution in [0.3, 0.4) is 0 Å². The van der Waals surface area contributed by atoms with E-state index in [-0.39, 0.29) is 6.61 Å². The summed E-state index contributed by atoms with van der Waals surface area (Å²) >= 11 is 0. The third kappa shape index (κ3) is 87.4. The first-order valence-corrected chi connectivity index (χ1v) is 53.1. The number of rotatable bonds is 93. The number of carbonyl (C=O) groups excluding carboxylic acids is 2. The maximum atomic E-state index is 10.8. The molecule has 4 aromatic carbocycles. The van der Waals surface area contributed by atoms with Crippen LogP contribution in [0.4, 0.5) is 0 Å². The molecule has 0 heterocycles. The van der Waals surface area contributed by atoms with Gasteiger partial charge >= 0.3 is 11.9 Å². The molecule has 0 fully saturated rings. The Morgan fingerprint density at radius 1 is 0.255 bits per heavy atom. The average molecular weight is 2050 g/mol. The second kappa shape index (κ2) is 101. The van der Waals surface area contributed by atoms with Crippen molar-refractivity contribution in [2.45, 2.75) is 224 Å². The maximum absolute atomic E-state index is 10.8. The summed E-state index contributed by atoms with van der Waals surface area (Å²) in [4.78, 5) is 19.6. The second-order valence-electron chi connectivity index (χ2n) is 34.7. The summed E-state index contributed by atoms with van der Waals surface area (Å²) in [5, 5.41) is 21.4. The van der Waals surface area contributed by atoms with Crippen LogP contribution in [0.25, 0.3) is 33.4 Å². The first-order valence-electron chi connectivity index (χ1n) is 53.1. The molecule has 2 N–H and O–H groups in total. The van der Waals surface area contributed by atoms with Gasteiger partial charge in [0.25, 0.3) is 0 Å². The lowest BCUT2D eigenvalue weighted by Gasteiger charge is -2.26. The molecule has 4 aromatic rings. The Kier molecular flexibility index (Phi) is 96.5. The van der Waals surface area contributed by atoms with Crippen molar-refractivity contribution in [1.82, 2.24) is 0 Å². The number of unbranched alkanes of at least 4 members (excludes halogenated alkanes) is 8. The van der Waals surface area contributed by atoms with Gasteiger partial charge in [-0.05, 0) is 164 Å². The minimum Gasteiger partial charge on any atom is -0.498 e. The standard InChI is InChI=1S/C28H50O8.3C28H46O6.C4H6O3/c1-5-7-13-31-15-17-33-19-20-35-24-27(3,29)26-11-9-25(10-12-26)23-28(4,30)36-22-21-34-18-16-32-14-8-6-2;3*1-5-7-13-29-15-17-31-19-21-33-23-25(3)27-9-11-28(12-10-27)26(4)24-34-22-20-32-18-16-30-14-8-6-2;1-3(5)7-4(2)6/h9-12,29-30H,5-8,13-24H2,1-4H3;9-12,23-24H,5-8,13-22H2,1-4H3;9-12,24H,3,5-8,13-23H2,1-2,4H3;9-12H,3-8,13-24H2,1-2H3;1-2H3. The van der Waals surface area contributed by atoms with Gasteiger partial charge in [-0.25, -0.2) is 0 Å². The number of benzene rings is 4. The summed E-state index contributed by atoms with van der Waals surface area (Å²) in [6.07, 6.45) is 23.5. The third-order valence-corrected chi connectivity index (χ3v) is 20.9. The van der Waals surface area contributed by atoms with E-state index in [4.69, 9.17) is 114 Å². The number of esters is 2. The molecular weight excluding hydrogens is 1860 g/mol. The molecule has 0 aromatic heterocycles. The molecule has 0 radical (unpaired) electrons. The number of ether oxygens (including phenoxy) is 25. The van der Waals surface area contributed by atoms with Crippen LogP contribution in [-0.4, -0.2) is 319 Å². The van der Waals surface area contributed by atoms with Crippen molar-refractivity contribution in [1.29, 1.82) is 0 Å². The summed E-state index contributed by atoms with van der Waals surface area (Å²) in [6.45, 7) is 67.1. The van der Waals surface area contributed by atoms with Gasteiger partial charge in [0.05, 0.1) is 237 Å². The van der Waals surface area contributed by atoms with Crippen LogP contribution in [0.5, 0.6) is 0 Å². The topological polar surface area (TPSA) is 305 Å². The van der Waals surface area contributed by atoms with Crippen LogP contribution in [0.15, 0.2) is 136 Å². The highest BCUT2D eigenvalue weighted by Gasteiger charge is 2.26. The fourth-order valence-electron chi connectivity index (χ4n) is 12.1. The predicted molar refractivity (Wildman–Crippen MR) is 580 cm³/mol. The van der Waals surface area contributed by atoms with E-state index in [9.17, 15) is 19.8 Å². The molecule has 832 valence electrons. The first kappa shape index (κ1) is 138. The molecule has 2 atom stereocenters. The van der Waals surface area contributed by atoms with Gasteiger partial charge in [0.1, 0.15) is 25.4 Å². The highest BCUT2D eigenvalue weighted by atomic mass is 16.6. The van der Waals surface area contributed by atoms with Crippen LogP contribution in [0.2, 0.25) is 0 Å². The highest BCUT2D eigenvalue weighted by Crippen LogP contribution is 2.26. The molecule has 145 heavy (non-hydrogen) atoms. The van der Waals surface area contributed by atoms with E-state index >= 15 is 0 Å². The van der Waals surface area contributed by atoms with Gasteiger partial charge in [-0.1, -0.05) is 224 Å². The van der Waals surface area contributed by atoms with Gasteiger partial charge in [0.2, 0.25) is 0 Å². The molecule has 0 spiro atoms. The minimum atomic E-state index is -1.31. The molecular formula is C116H194O29. The van der Waals surface area contributed by atoms with Crippen LogP contribution in [-0.2, 0) is 140 Å². The molecule has 29 nitrogen and oxygen atoms in total. The Labute approximate surface area is 874 Å². The molecule has 0 saturated heterocycles. The van der Waals surface area contributed by atoms with Crippen molar-refractivity contribution in [3.05, 3.63) is 180 Å². The molecule has 0 saturated carbocycles. The quantitative estimate of drug-likeness (QED) is 0.0136. The SMILES string of the molecule is C=C(COCCOCCOCCCC)c1ccc(C(=C)COCCOCCOCCCC)cc1.C=C(COCCOCCOCCCC)c1ccc(C(C)=COCCOCCOCCCC)cc1.CC(=O)OC(C)=O.CCCCOCCOCCOC=C(C)c1ccc(C(C)=COCCOCCOCCCC)cc1.CCCCOCCOCCOCC(C)(O)c1ccc(CC(C)(O)OCCOCCOCCCC)cc1. The molecule has 29 heteroatoms. The van der Waals surface area contributed by atoms with Gasteiger partial charge in [-0.2, -0.15) is 0 Å². The molecule has 0 aliphatic heterocycles. The van der Waals surface area contributed by atoms with Crippen molar-refractivity contribution in [2.75, 3.05) is 291 Å². The van der Waals surface area contributed by atoms with Crippen LogP contribution >= 0.6 is 0 Å². The summed E-state index contributed by atoms with van der Waals surface area (Å²) in [5.41, 5.74) is 13.1. The van der Waals surface area contributed by atoms with E-state index < -0.39 is 23.3 Å². The Hall–Kier alpha value is -7.06. The van der Waals surface area contributed by atoms with Crippen molar-refractivity contribution in [2.24, 2.45) is 0 Å². The molecule has 0 bridgehead atoms. The molecule has 0 aliphatic rings. The average Bonchev–Trinajstić information content (AvgIpc) is 0.835. The van der Waals surface area contributed by atoms with E-state index in [1.165, 1.54) is 13.8 Å². The largest absolute Gasteiger partial charge is 0.498 e. The number of aliphatic hydroxyl groups is 2. The number of hydrogen-bond acceptors (Lipinski definition) is 29. The lowest BCUT2D eigenvalue weighted by molar-refractivity contribution is -0.195. The normalized spacial score (nSPS) is 12.3. The lowest BCUT2D eigenvalue weighted by Crippen LogP contribution is -2.32. The Morgan fingerprint density at radius 2 is 0.448 bits per heavy atom. The maximum Gasteiger partial charge on any atom is 0.310 e. The summed E-state index contributed by atoms with van der Waals surface area (Å²) in [6, 6.07) is 32.2. The Morgan fingerprint density at radius 3 is 0.662 bits per heavy atom. The monoisotopic (exact) mass is 2050 g/mol. The minimum absolute atomic E-state index is 0.160. The molecule has 0 amide bonds. The van der Waals surface area contributed by atoms with Gasteiger partial charge in [0, 0.05) is 73.1 Å². The Bertz CT molecular complexity index is 3580. The zero-order valence-electron chi connectivity index (χ0n) is 92.1. The first-order chi connectivity index (χ1) is 70.5. The van der Waals surface area contributed by atoms with Gasteiger partial charge in [0.15, 0.2) is 5.79 Å². The number of carbonyl (C=O) groups is 2. The summed E-state index contributed by atoms with van der Waals surface area (Å²) < 4.78 is 137. The van der Waals surface area contributed by atoms with Crippen LogP contribution in [0, 0.1) is 0 Å².